The van der Waals surface area contributed by atoms with Crippen molar-refractivity contribution in [2.45, 2.75) is 19.9 Å². The molecule has 0 fully saturated rings. The van der Waals surface area contributed by atoms with Gasteiger partial charge in [0.1, 0.15) is 6.33 Å². The van der Waals surface area contributed by atoms with E-state index in [1.165, 1.54) is 11.3 Å². The van der Waals surface area contributed by atoms with E-state index >= 15 is 0 Å². The molecule has 16 heavy (non-hydrogen) atoms. The first-order valence-electron chi connectivity index (χ1n) is 5.06. The van der Waals surface area contributed by atoms with Gasteiger partial charge in [-0.2, -0.15) is 0 Å². The zero-order valence-electron chi connectivity index (χ0n) is 9.16. The number of hydrogen-bond acceptors (Lipinski definition) is 2. The van der Waals surface area contributed by atoms with Crippen LogP contribution >= 0.6 is 0 Å². The van der Waals surface area contributed by atoms with Gasteiger partial charge >= 0.3 is 6.09 Å². The minimum Gasteiger partial charge on any atom is -0.464 e. The topological polar surface area (TPSA) is 58.4 Å². The number of benzene rings is 1. The quantitative estimate of drug-likeness (QED) is 0.841. The third-order valence-corrected chi connectivity index (χ3v) is 2.35. The van der Waals surface area contributed by atoms with Crippen LogP contribution < -0.4 is 5.01 Å². The van der Waals surface area contributed by atoms with Crippen LogP contribution in [0.4, 0.5) is 4.79 Å². The van der Waals surface area contributed by atoms with Crippen LogP contribution in [0.1, 0.15) is 13.8 Å². The van der Waals surface area contributed by atoms with Crippen LogP contribution in [-0.4, -0.2) is 26.9 Å². The molecule has 1 N–H and O–H groups in total. The van der Waals surface area contributed by atoms with E-state index in [2.05, 4.69) is 4.98 Å². The number of imidazole rings is 1. The van der Waals surface area contributed by atoms with E-state index in [-0.39, 0.29) is 6.04 Å². The van der Waals surface area contributed by atoms with Gasteiger partial charge in [-0.05, 0) is 26.0 Å². The molecule has 0 radical (unpaired) electrons. The van der Waals surface area contributed by atoms with Gasteiger partial charge in [0.25, 0.3) is 0 Å². The average molecular weight is 219 g/mol. The summed E-state index contributed by atoms with van der Waals surface area (Å²) in [5.74, 6) is 0. The molecule has 1 heterocycles. The Hall–Kier alpha value is -2.04. The zero-order valence-corrected chi connectivity index (χ0v) is 9.16. The van der Waals surface area contributed by atoms with Crippen LogP contribution in [0.5, 0.6) is 0 Å². The number of fused-ring (bicyclic) bond motifs is 1. The summed E-state index contributed by atoms with van der Waals surface area (Å²) in [4.78, 5) is 15.3. The van der Waals surface area contributed by atoms with Crippen LogP contribution in [0.15, 0.2) is 30.6 Å². The Balaban J connectivity index is 2.57. The van der Waals surface area contributed by atoms with E-state index in [1.54, 1.807) is 4.68 Å². The van der Waals surface area contributed by atoms with Gasteiger partial charge in [0.05, 0.1) is 17.1 Å². The Morgan fingerprint density at radius 2 is 2.12 bits per heavy atom. The lowest BCUT2D eigenvalue weighted by molar-refractivity contribution is 0.192. The summed E-state index contributed by atoms with van der Waals surface area (Å²) in [6, 6.07) is 7.29. The molecule has 0 saturated heterocycles. The van der Waals surface area contributed by atoms with Crippen molar-refractivity contribution in [3.05, 3.63) is 30.6 Å². The molecule has 0 aliphatic carbocycles. The summed E-state index contributed by atoms with van der Waals surface area (Å²) in [7, 11) is 0. The summed E-state index contributed by atoms with van der Waals surface area (Å²) in [5.41, 5.74) is 1.58. The summed E-state index contributed by atoms with van der Waals surface area (Å²) in [5, 5.41) is 10.4. The summed E-state index contributed by atoms with van der Waals surface area (Å²) in [6.45, 7) is 3.64. The van der Waals surface area contributed by atoms with Crippen molar-refractivity contribution in [1.82, 2.24) is 9.66 Å². The van der Waals surface area contributed by atoms with Crippen molar-refractivity contribution in [2.75, 3.05) is 5.01 Å². The smallest absolute Gasteiger partial charge is 0.426 e. The van der Waals surface area contributed by atoms with Gasteiger partial charge in [0.2, 0.25) is 0 Å². The standard InChI is InChI=1S/C11H13N3O2/c1-8(2)14(11(15)16)13-7-12-9-5-3-4-6-10(9)13/h3-8H,1-2H3,(H,15,16). The molecule has 2 rings (SSSR count). The fraction of sp³-hybridized carbons (Fsp3) is 0.273. The third-order valence-electron chi connectivity index (χ3n) is 2.35. The molecule has 84 valence electrons. The van der Waals surface area contributed by atoms with Crippen molar-refractivity contribution < 1.29 is 9.90 Å². The Labute approximate surface area is 92.9 Å². The molecule has 5 nitrogen and oxygen atoms in total. The first-order chi connectivity index (χ1) is 7.61. The van der Waals surface area contributed by atoms with E-state index in [1.807, 2.05) is 38.1 Å². The number of carbonyl (C=O) groups is 1. The van der Waals surface area contributed by atoms with E-state index in [0.717, 1.165) is 11.0 Å². The number of carboxylic acid groups (broad SMARTS) is 1. The van der Waals surface area contributed by atoms with E-state index < -0.39 is 6.09 Å². The molecule has 0 spiro atoms. The van der Waals surface area contributed by atoms with Crippen molar-refractivity contribution in [2.24, 2.45) is 0 Å². The molecule has 0 aliphatic heterocycles. The SMILES string of the molecule is CC(C)N(C(=O)O)n1cnc2ccccc21. The maximum absolute atomic E-state index is 11.2. The largest absolute Gasteiger partial charge is 0.464 e. The normalized spacial score (nSPS) is 10.9. The highest BCUT2D eigenvalue weighted by molar-refractivity contribution is 5.82. The Bertz CT molecular complexity index is 519. The molecule has 0 saturated carbocycles. The lowest BCUT2D eigenvalue weighted by Gasteiger charge is -2.24. The maximum atomic E-state index is 11.2. The highest BCUT2D eigenvalue weighted by atomic mass is 16.4. The van der Waals surface area contributed by atoms with Crippen LogP contribution in [0.3, 0.4) is 0 Å². The fourth-order valence-electron chi connectivity index (χ4n) is 1.68. The van der Waals surface area contributed by atoms with Crippen molar-refractivity contribution in [3.8, 4) is 0 Å². The number of amides is 1. The molecular weight excluding hydrogens is 206 g/mol. The fourth-order valence-corrected chi connectivity index (χ4v) is 1.68. The molecule has 0 aliphatic rings. The Morgan fingerprint density at radius 3 is 2.75 bits per heavy atom. The van der Waals surface area contributed by atoms with Crippen molar-refractivity contribution >= 4 is 17.1 Å². The van der Waals surface area contributed by atoms with E-state index in [4.69, 9.17) is 5.11 Å². The summed E-state index contributed by atoms with van der Waals surface area (Å²) < 4.78 is 1.56. The van der Waals surface area contributed by atoms with Crippen molar-refractivity contribution in [3.63, 3.8) is 0 Å². The number of para-hydroxylation sites is 2. The second-order valence-electron chi connectivity index (χ2n) is 3.80. The van der Waals surface area contributed by atoms with Crippen LogP contribution in [0.25, 0.3) is 11.0 Å². The number of nitrogens with zero attached hydrogens (tertiary/aromatic N) is 3. The molecular formula is C11H13N3O2. The van der Waals surface area contributed by atoms with Gasteiger partial charge in [-0.15, -0.1) is 0 Å². The van der Waals surface area contributed by atoms with Crippen LogP contribution in [0.2, 0.25) is 0 Å². The van der Waals surface area contributed by atoms with Crippen LogP contribution in [-0.2, 0) is 0 Å². The second-order valence-corrected chi connectivity index (χ2v) is 3.80. The number of aromatic nitrogens is 2. The molecule has 2 aromatic rings. The molecule has 1 amide bonds. The van der Waals surface area contributed by atoms with E-state index in [0.29, 0.717) is 0 Å². The predicted molar refractivity (Wildman–Crippen MR) is 61.1 cm³/mol. The Kier molecular flexibility index (Phi) is 2.52. The average Bonchev–Trinajstić information content (AvgIpc) is 2.61. The zero-order chi connectivity index (χ0) is 11.7. The number of hydrogen-bond donors (Lipinski definition) is 1. The minimum absolute atomic E-state index is 0.143. The lowest BCUT2D eigenvalue weighted by Crippen LogP contribution is -2.44. The van der Waals surface area contributed by atoms with Gasteiger partial charge < -0.3 is 5.11 Å². The lowest BCUT2D eigenvalue weighted by atomic mass is 10.3. The summed E-state index contributed by atoms with van der Waals surface area (Å²) >= 11 is 0. The summed E-state index contributed by atoms with van der Waals surface area (Å²) in [6.07, 6.45) is 0.539. The molecule has 0 bridgehead atoms. The second kappa shape index (κ2) is 3.84. The van der Waals surface area contributed by atoms with Crippen LogP contribution in [0, 0.1) is 0 Å². The minimum atomic E-state index is -0.988. The van der Waals surface area contributed by atoms with Gasteiger partial charge in [-0.25, -0.2) is 19.5 Å². The monoisotopic (exact) mass is 219 g/mol. The number of rotatable bonds is 2. The molecule has 0 unspecified atom stereocenters. The van der Waals surface area contributed by atoms with Gasteiger partial charge in [-0.1, -0.05) is 12.1 Å². The van der Waals surface area contributed by atoms with Gasteiger partial charge in [0, 0.05) is 0 Å². The van der Waals surface area contributed by atoms with E-state index in [9.17, 15) is 4.79 Å². The van der Waals surface area contributed by atoms with Crippen molar-refractivity contribution in [1.29, 1.82) is 0 Å². The highest BCUT2D eigenvalue weighted by Gasteiger charge is 2.19. The molecule has 5 heteroatoms. The van der Waals surface area contributed by atoms with Gasteiger partial charge in [-0.3, -0.25) is 0 Å². The molecule has 1 aromatic heterocycles. The Morgan fingerprint density at radius 1 is 1.44 bits per heavy atom. The molecule has 1 aromatic carbocycles. The third kappa shape index (κ3) is 1.60. The predicted octanol–water partition coefficient (Wildman–Crippen LogP) is 2.06. The highest BCUT2D eigenvalue weighted by Crippen LogP contribution is 2.13. The first kappa shape index (κ1) is 10.5. The molecule has 0 atom stereocenters. The van der Waals surface area contributed by atoms with Gasteiger partial charge in [0.15, 0.2) is 0 Å². The first-order valence-corrected chi connectivity index (χ1v) is 5.06. The maximum Gasteiger partial charge on any atom is 0.426 e.